The molecule has 0 unspecified atom stereocenters. The Labute approximate surface area is 109 Å². The van der Waals surface area contributed by atoms with Crippen molar-refractivity contribution in [1.82, 2.24) is 25.9 Å². The summed E-state index contributed by atoms with van der Waals surface area (Å²) in [7, 11) is 0. The molecule has 0 aliphatic heterocycles. The molecule has 3 rings (SSSR count). The van der Waals surface area contributed by atoms with Gasteiger partial charge in [0.15, 0.2) is 17.4 Å². The lowest BCUT2D eigenvalue weighted by atomic mass is 10.1. The molecule has 7 heteroatoms. The molecular weight excluding hydrogens is 246 g/mol. The topological polar surface area (TPSA) is 101 Å². The number of tetrazole rings is 1. The van der Waals surface area contributed by atoms with Crippen LogP contribution in [-0.2, 0) is 6.54 Å². The highest BCUT2D eigenvalue weighted by Gasteiger charge is 2.37. The van der Waals surface area contributed by atoms with E-state index in [1.807, 2.05) is 0 Å². The van der Waals surface area contributed by atoms with Crippen molar-refractivity contribution < 1.29 is 9.59 Å². The van der Waals surface area contributed by atoms with Gasteiger partial charge in [0.25, 0.3) is 0 Å². The molecule has 1 aromatic heterocycles. The summed E-state index contributed by atoms with van der Waals surface area (Å²) in [5, 5.41) is 16.0. The molecular formula is C12H13N5O2. The van der Waals surface area contributed by atoms with E-state index in [9.17, 15) is 9.59 Å². The molecule has 2 aromatic rings. The highest BCUT2D eigenvalue weighted by atomic mass is 16.2. The van der Waals surface area contributed by atoms with Crippen LogP contribution in [0.3, 0.4) is 0 Å². The number of aromatic amines is 1. The lowest BCUT2D eigenvalue weighted by Gasteiger charge is -2.06. The quantitative estimate of drug-likeness (QED) is 0.772. The number of carbonyl (C=O) groups excluding carboxylic acids is 2. The first-order chi connectivity index (χ1) is 8.77. The second-order valence-electron chi connectivity index (χ2n) is 3.92. The molecule has 0 fully saturated rings. The summed E-state index contributed by atoms with van der Waals surface area (Å²) < 4.78 is 0. The molecule has 0 saturated carbocycles. The molecule has 19 heavy (non-hydrogen) atoms. The van der Waals surface area contributed by atoms with Crippen LogP contribution in [0.25, 0.3) is 0 Å². The summed E-state index contributed by atoms with van der Waals surface area (Å²) in [4.78, 5) is 24.0. The molecule has 0 spiro atoms. The molecule has 0 atom stereocenters. The number of nitrogens with zero attached hydrogens (tertiary/aromatic N) is 3. The summed E-state index contributed by atoms with van der Waals surface area (Å²) in [6.45, 7) is 0.215. The molecule has 98 valence electrons. The molecule has 7 nitrogen and oxygen atoms in total. The van der Waals surface area contributed by atoms with E-state index < -0.39 is 6.04 Å². The minimum Gasteiger partial charge on any atom is -0.293 e. The van der Waals surface area contributed by atoms with E-state index in [1.165, 1.54) is 0 Å². The van der Waals surface area contributed by atoms with Gasteiger partial charge in [-0.2, -0.15) is 5.21 Å². The maximum Gasteiger partial charge on any atom is 0.188 e. The predicted molar refractivity (Wildman–Crippen MR) is 66.6 cm³/mol. The molecule has 0 saturated heterocycles. The van der Waals surface area contributed by atoms with E-state index in [2.05, 4.69) is 25.9 Å². The molecule has 2 N–H and O–H groups in total. The molecule has 0 bridgehead atoms. The molecule has 1 aromatic carbocycles. The van der Waals surface area contributed by atoms with Crippen LogP contribution >= 0.6 is 0 Å². The van der Waals surface area contributed by atoms with E-state index >= 15 is 0 Å². The van der Waals surface area contributed by atoms with Crippen LogP contribution in [-0.4, -0.2) is 38.2 Å². The Morgan fingerprint density at radius 1 is 1.16 bits per heavy atom. The van der Waals surface area contributed by atoms with Crippen molar-refractivity contribution in [2.24, 2.45) is 0 Å². The first-order valence-corrected chi connectivity index (χ1v) is 5.40. The number of carbonyl (C=O) groups is 2. The Bertz CT molecular complexity index is 573. The number of hydrogen-bond acceptors (Lipinski definition) is 6. The number of ketones is 2. The Balaban J connectivity index is 0.00000133. The average Bonchev–Trinajstić information content (AvgIpc) is 2.98. The van der Waals surface area contributed by atoms with Crippen LogP contribution in [0.1, 0.15) is 34.0 Å². The number of benzene rings is 1. The fourth-order valence-electron chi connectivity index (χ4n) is 1.98. The highest BCUT2D eigenvalue weighted by molar-refractivity contribution is 6.29. The second kappa shape index (κ2) is 5.07. The Hall–Kier alpha value is -2.41. The van der Waals surface area contributed by atoms with Crippen LogP contribution in [0.2, 0.25) is 0 Å². The van der Waals surface area contributed by atoms with Gasteiger partial charge in [0.2, 0.25) is 0 Å². The second-order valence-corrected chi connectivity index (χ2v) is 3.92. The number of H-pyrrole nitrogens is 1. The van der Waals surface area contributed by atoms with Gasteiger partial charge in [0.05, 0.1) is 6.54 Å². The van der Waals surface area contributed by atoms with E-state index in [0.29, 0.717) is 17.0 Å². The zero-order valence-corrected chi connectivity index (χ0v) is 9.25. The normalized spacial score (nSPS) is 14.3. The minimum absolute atomic E-state index is 0. The van der Waals surface area contributed by atoms with E-state index in [-0.39, 0.29) is 25.5 Å². The summed E-state index contributed by atoms with van der Waals surface area (Å²) >= 11 is 0. The van der Waals surface area contributed by atoms with Gasteiger partial charge in [-0.3, -0.25) is 14.9 Å². The van der Waals surface area contributed by atoms with Gasteiger partial charge >= 0.3 is 0 Å². The van der Waals surface area contributed by atoms with Crippen molar-refractivity contribution in [3.63, 3.8) is 0 Å². The third-order valence-electron chi connectivity index (χ3n) is 2.84. The smallest absolute Gasteiger partial charge is 0.188 e. The first-order valence-electron chi connectivity index (χ1n) is 5.40. The van der Waals surface area contributed by atoms with Crippen molar-refractivity contribution in [1.29, 1.82) is 0 Å². The van der Waals surface area contributed by atoms with Crippen LogP contribution in [0, 0.1) is 0 Å². The number of Topliss-reactive ketones (excluding diaryl/α,β-unsaturated/α-hetero) is 2. The van der Waals surface area contributed by atoms with E-state index in [4.69, 9.17) is 0 Å². The Morgan fingerprint density at radius 3 is 2.32 bits per heavy atom. The SMILES string of the molecule is C.O=C1c2ccccc2C(=O)C1NCc1nn[nH]n1. The van der Waals surface area contributed by atoms with Crippen molar-refractivity contribution in [3.8, 4) is 0 Å². The lowest BCUT2D eigenvalue weighted by molar-refractivity contribution is 0.0867. The standard InChI is InChI=1S/C11H9N5O2.CH4/c17-10-6-3-1-2-4-7(6)11(18)9(10)12-5-8-13-15-16-14-8;/h1-4,9,12H,5H2,(H,13,14,15,16);1H4. The number of hydrogen-bond donors (Lipinski definition) is 2. The van der Waals surface area contributed by atoms with Crippen LogP contribution in [0.4, 0.5) is 0 Å². The van der Waals surface area contributed by atoms with Crippen LogP contribution in [0.5, 0.6) is 0 Å². The molecule has 0 amide bonds. The highest BCUT2D eigenvalue weighted by Crippen LogP contribution is 2.21. The van der Waals surface area contributed by atoms with Gasteiger partial charge in [-0.25, -0.2) is 0 Å². The number of aromatic nitrogens is 4. The monoisotopic (exact) mass is 259 g/mol. The van der Waals surface area contributed by atoms with Crippen molar-refractivity contribution in [3.05, 3.63) is 41.2 Å². The van der Waals surface area contributed by atoms with Gasteiger partial charge < -0.3 is 0 Å². The molecule has 0 radical (unpaired) electrons. The van der Waals surface area contributed by atoms with Crippen molar-refractivity contribution >= 4 is 11.6 Å². The molecule has 1 aliphatic carbocycles. The maximum atomic E-state index is 12.0. The number of nitrogens with one attached hydrogen (secondary N) is 2. The van der Waals surface area contributed by atoms with Gasteiger partial charge in [0.1, 0.15) is 6.04 Å². The summed E-state index contributed by atoms with van der Waals surface area (Å²) in [6.07, 6.45) is 0. The predicted octanol–water partition coefficient (Wildman–Crippen LogP) is 0.373. The fourth-order valence-corrected chi connectivity index (χ4v) is 1.98. The maximum absolute atomic E-state index is 12.0. The number of fused-ring (bicyclic) bond motifs is 1. The van der Waals surface area contributed by atoms with Crippen molar-refractivity contribution in [2.75, 3.05) is 0 Å². The van der Waals surface area contributed by atoms with Gasteiger partial charge in [-0.1, -0.05) is 36.9 Å². The van der Waals surface area contributed by atoms with E-state index in [1.54, 1.807) is 24.3 Å². The van der Waals surface area contributed by atoms with E-state index in [0.717, 1.165) is 0 Å². The number of rotatable bonds is 3. The fraction of sp³-hybridized carbons (Fsp3) is 0.250. The van der Waals surface area contributed by atoms with Gasteiger partial charge in [0, 0.05) is 11.1 Å². The zero-order chi connectivity index (χ0) is 12.5. The van der Waals surface area contributed by atoms with Crippen molar-refractivity contribution in [2.45, 2.75) is 20.0 Å². The first kappa shape index (κ1) is 13.0. The lowest BCUT2D eigenvalue weighted by Crippen LogP contribution is -2.38. The molecule has 1 heterocycles. The summed E-state index contributed by atoms with van der Waals surface area (Å²) in [5.74, 6) is -0.00949. The summed E-state index contributed by atoms with van der Waals surface area (Å²) in [6, 6.07) is 5.95. The zero-order valence-electron chi connectivity index (χ0n) is 9.25. The van der Waals surface area contributed by atoms with Gasteiger partial charge in [-0.15, -0.1) is 10.2 Å². The molecule has 1 aliphatic rings. The third kappa shape index (κ3) is 2.15. The van der Waals surface area contributed by atoms with Crippen LogP contribution < -0.4 is 5.32 Å². The largest absolute Gasteiger partial charge is 0.293 e. The van der Waals surface area contributed by atoms with Crippen LogP contribution in [0.15, 0.2) is 24.3 Å². The average molecular weight is 259 g/mol. The van der Waals surface area contributed by atoms with Gasteiger partial charge in [-0.05, 0) is 0 Å². The third-order valence-corrected chi connectivity index (χ3v) is 2.84. The Kier molecular flexibility index (Phi) is 3.48. The minimum atomic E-state index is -0.846. The Morgan fingerprint density at radius 2 is 1.79 bits per heavy atom. The summed E-state index contributed by atoms with van der Waals surface area (Å²) in [5.41, 5.74) is 0.932.